The van der Waals surface area contributed by atoms with Gasteiger partial charge in [-0.05, 0) is 18.2 Å². The van der Waals surface area contributed by atoms with Crippen molar-refractivity contribution in [2.75, 3.05) is 5.43 Å². The van der Waals surface area contributed by atoms with Gasteiger partial charge in [-0.1, -0.05) is 41.9 Å². The van der Waals surface area contributed by atoms with Crippen LogP contribution in [-0.2, 0) is 0 Å². The van der Waals surface area contributed by atoms with Gasteiger partial charge < -0.3 is 5.43 Å². The van der Waals surface area contributed by atoms with Crippen LogP contribution in [0.2, 0.25) is 5.02 Å². The third-order valence-electron chi connectivity index (χ3n) is 3.09. The predicted octanol–water partition coefficient (Wildman–Crippen LogP) is 3.98. The van der Waals surface area contributed by atoms with E-state index in [9.17, 15) is 4.39 Å². The second-order valence-electron chi connectivity index (χ2n) is 4.32. The van der Waals surface area contributed by atoms with Crippen molar-refractivity contribution in [2.24, 2.45) is 5.84 Å². The average molecular weight is 288 g/mol. The lowest BCUT2D eigenvalue weighted by Crippen LogP contribution is -2.08. The van der Waals surface area contributed by atoms with Gasteiger partial charge in [0.2, 0.25) is 0 Å². The first-order valence-electron chi connectivity index (χ1n) is 6.01. The summed E-state index contributed by atoms with van der Waals surface area (Å²) < 4.78 is 14.0. The fraction of sp³-hybridized carbons (Fsp3) is 0. The van der Waals surface area contributed by atoms with E-state index in [0.717, 1.165) is 5.56 Å². The van der Waals surface area contributed by atoms with E-state index in [2.05, 4.69) is 10.4 Å². The Hall–Kier alpha value is -2.17. The van der Waals surface area contributed by atoms with Gasteiger partial charge >= 0.3 is 0 Å². The van der Waals surface area contributed by atoms with Crippen LogP contribution in [0.15, 0.2) is 48.5 Å². The number of nitrogens with two attached hydrogens (primary N) is 1. The smallest absolute Gasteiger partial charge is 0.149 e. The molecule has 3 nitrogen and oxygen atoms in total. The number of hydrogen-bond donors (Lipinski definition) is 2. The Balaban J connectivity index is 2.35. The predicted molar refractivity (Wildman–Crippen MR) is 80.0 cm³/mol. The molecule has 2 aromatic carbocycles. The summed E-state index contributed by atoms with van der Waals surface area (Å²) in [6, 6.07) is 14.0. The number of nitrogen functional groups attached to an aromatic ring is 1. The number of pyridine rings is 1. The van der Waals surface area contributed by atoms with Crippen LogP contribution in [0.3, 0.4) is 0 Å². The van der Waals surface area contributed by atoms with Gasteiger partial charge in [-0.15, -0.1) is 0 Å². The molecule has 0 radical (unpaired) electrons. The molecule has 3 N–H and O–H groups in total. The van der Waals surface area contributed by atoms with Crippen molar-refractivity contribution in [3.05, 3.63) is 59.4 Å². The maximum atomic E-state index is 14.0. The highest BCUT2D eigenvalue weighted by Gasteiger charge is 2.13. The van der Waals surface area contributed by atoms with Crippen molar-refractivity contribution < 1.29 is 4.39 Å². The summed E-state index contributed by atoms with van der Waals surface area (Å²) >= 11 is 6.11. The molecule has 0 aliphatic carbocycles. The van der Waals surface area contributed by atoms with Crippen molar-refractivity contribution in [2.45, 2.75) is 0 Å². The number of halogens is 2. The van der Waals surface area contributed by atoms with Crippen LogP contribution in [0.5, 0.6) is 0 Å². The van der Waals surface area contributed by atoms with Crippen molar-refractivity contribution in [1.29, 1.82) is 0 Å². The Labute approximate surface area is 120 Å². The number of rotatable bonds is 2. The van der Waals surface area contributed by atoms with Gasteiger partial charge in [-0.2, -0.15) is 0 Å². The van der Waals surface area contributed by atoms with Gasteiger partial charge in [0.05, 0.1) is 16.4 Å². The van der Waals surface area contributed by atoms with Crippen molar-refractivity contribution >= 4 is 28.2 Å². The van der Waals surface area contributed by atoms with Gasteiger partial charge in [0.15, 0.2) is 0 Å². The molecule has 0 atom stereocenters. The number of aromatic nitrogens is 1. The standard InChI is InChI=1S/C15H11ClFN3/c16-10-6-7-11(17)15-14(10)13(20-18)8-12(19-15)9-4-2-1-3-5-9/h1-8H,18H2,(H,19,20). The first kappa shape index (κ1) is 12.8. The molecular weight excluding hydrogens is 277 g/mol. The first-order chi connectivity index (χ1) is 9.70. The zero-order chi connectivity index (χ0) is 14.1. The minimum atomic E-state index is -0.432. The molecule has 1 aromatic heterocycles. The third kappa shape index (κ3) is 2.09. The van der Waals surface area contributed by atoms with Crippen LogP contribution in [0.25, 0.3) is 22.2 Å². The average Bonchev–Trinajstić information content (AvgIpc) is 2.51. The van der Waals surface area contributed by atoms with Gasteiger partial charge in [-0.25, -0.2) is 9.37 Å². The Morgan fingerprint density at radius 2 is 1.85 bits per heavy atom. The minimum Gasteiger partial charge on any atom is -0.323 e. The van der Waals surface area contributed by atoms with Gasteiger partial charge in [-0.3, -0.25) is 5.84 Å². The molecule has 1 heterocycles. The number of hydrogen-bond acceptors (Lipinski definition) is 3. The molecular formula is C15H11ClFN3. The maximum Gasteiger partial charge on any atom is 0.149 e. The quantitative estimate of drug-likeness (QED) is 0.554. The van der Waals surface area contributed by atoms with Crippen LogP contribution in [0, 0.1) is 5.82 Å². The highest BCUT2D eigenvalue weighted by molar-refractivity contribution is 6.36. The Morgan fingerprint density at radius 1 is 1.10 bits per heavy atom. The van der Waals surface area contributed by atoms with E-state index < -0.39 is 5.82 Å². The van der Waals surface area contributed by atoms with Crippen molar-refractivity contribution in [3.63, 3.8) is 0 Å². The van der Waals surface area contributed by atoms with Crippen LogP contribution in [-0.4, -0.2) is 4.98 Å². The zero-order valence-corrected chi connectivity index (χ0v) is 11.2. The molecule has 3 rings (SSSR count). The molecule has 0 unspecified atom stereocenters. The number of anilines is 1. The molecule has 0 bridgehead atoms. The third-order valence-corrected chi connectivity index (χ3v) is 3.40. The topological polar surface area (TPSA) is 50.9 Å². The van der Waals surface area contributed by atoms with Crippen LogP contribution in [0.4, 0.5) is 10.1 Å². The van der Waals surface area contributed by atoms with Gasteiger partial charge in [0.1, 0.15) is 11.3 Å². The summed E-state index contributed by atoms with van der Waals surface area (Å²) in [5.74, 6) is 5.09. The molecule has 100 valence electrons. The second-order valence-corrected chi connectivity index (χ2v) is 4.73. The Kier molecular flexibility index (Phi) is 3.26. The number of nitrogens with zero attached hydrogens (tertiary/aromatic N) is 1. The molecule has 0 aliphatic rings. The minimum absolute atomic E-state index is 0.201. The zero-order valence-electron chi connectivity index (χ0n) is 10.4. The number of fused-ring (bicyclic) bond motifs is 1. The van der Waals surface area contributed by atoms with E-state index in [4.69, 9.17) is 17.4 Å². The largest absolute Gasteiger partial charge is 0.323 e. The molecule has 0 spiro atoms. The highest BCUT2D eigenvalue weighted by Crippen LogP contribution is 2.33. The molecule has 0 fully saturated rings. The lowest BCUT2D eigenvalue weighted by atomic mass is 10.1. The summed E-state index contributed by atoms with van der Waals surface area (Å²) in [7, 11) is 0. The van der Waals surface area contributed by atoms with Gasteiger partial charge in [0.25, 0.3) is 0 Å². The summed E-state index contributed by atoms with van der Waals surface area (Å²) in [6.45, 7) is 0. The summed E-state index contributed by atoms with van der Waals surface area (Å²) in [5, 5.41) is 0.885. The van der Waals surface area contributed by atoms with Crippen molar-refractivity contribution in [3.8, 4) is 11.3 Å². The maximum absolute atomic E-state index is 14.0. The normalized spacial score (nSPS) is 10.8. The van der Waals surface area contributed by atoms with Crippen LogP contribution in [0.1, 0.15) is 0 Å². The fourth-order valence-corrected chi connectivity index (χ4v) is 2.39. The second kappa shape index (κ2) is 5.07. The van der Waals surface area contributed by atoms with E-state index >= 15 is 0 Å². The molecule has 0 saturated carbocycles. The van der Waals surface area contributed by atoms with E-state index in [0.29, 0.717) is 21.8 Å². The first-order valence-corrected chi connectivity index (χ1v) is 6.39. The van der Waals surface area contributed by atoms with Crippen LogP contribution < -0.4 is 11.3 Å². The Morgan fingerprint density at radius 3 is 2.55 bits per heavy atom. The lowest BCUT2D eigenvalue weighted by molar-refractivity contribution is 0.637. The monoisotopic (exact) mass is 287 g/mol. The van der Waals surface area contributed by atoms with E-state index in [1.165, 1.54) is 12.1 Å². The van der Waals surface area contributed by atoms with Crippen molar-refractivity contribution in [1.82, 2.24) is 4.98 Å². The van der Waals surface area contributed by atoms with E-state index in [-0.39, 0.29) is 5.52 Å². The lowest BCUT2D eigenvalue weighted by Gasteiger charge is -2.11. The fourth-order valence-electron chi connectivity index (χ4n) is 2.14. The van der Waals surface area contributed by atoms with Gasteiger partial charge in [0, 0.05) is 10.9 Å². The number of hydrazine groups is 1. The summed E-state index contributed by atoms with van der Waals surface area (Å²) in [4.78, 5) is 4.36. The number of benzene rings is 2. The summed E-state index contributed by atoms with van der Waals surface area (Å²) in [5.41, 5.74) is 4.81. The molecule has 20 heavy (non-hydrogen) atoms. The van der Waals surface area contributed by atoms with E-state index in [1.54, 1.807) is 6.07 Å². The number of nitrogens with one attached hydrogen (secondary N) is 1. The SMILES string of the molecule is NNc1cc(-c2ccccc2)nc2c(F)ccc(Cl)c12. The molecule has 0 saturated heterocycles. The summed E-state index contributed by atoms with van der Waals surface area (Å²) in [6.07, 6.45) is 0. The molecule has 5 heteroatoms. The Bertz CT molecular complexity index is 775. The molecule has 3 aromatic rings. The highest BCUT2D eigenvalue weighted by atomic mass is 35.5. The molecule has 0 aliphatic heterocycles. The van der Waals surface area contributed by atoms with E-state index in [1.807, 2.05) is 30.3 Å². The molecule has 0 amide bonds. The van der Waals surface area contributed by atoms with Crippen LogP contribution >= 0.6 is 11.6 Å².